The Hall–Kier alpha value is -1.56. The fraction of sp³-hybridized carbons (Fsp3) is 0.765. The van der Waals surface area contributed by atoms with E-state index in [1.165, 1.54) is 11.3 Å². The molecule has 0 saturated carbocycles. The van der Waals surface area contributed by atoms with Crippen molar-refractivity contribution in [3.63, 3.8) is 0 Å². The van der Waals surface area contributed by atoms with Crippen LogP contribution in [0.25, 0.3) is 0 Å². The number of aryl methyl sites for hydroxylation is 1. The first-order valence-corrected chi connectivity index (χ1v) is 8.42. The van der Waals surface area contributed by atoms with E-state index in [1.54, 1.807) is 0 Å². The number of aromatic nitrogens is 2. The molecular formula is C17H30N4O2. The molecule has 1 aromatic rings. The van der Waals surface area contributed by atoms with Gasteiger partial charge in [-0.05, 0) is 53.0 Å². The maximum absolute atomic E-state index is 12.2. The summed E-state index contributed by atoms with van der Waals surface area (Å²) in [6, 6.07) is 0. The molecule has 1 aromatic heterocycles. The van der Waals surface area contributed by atoms with Crippen LogP contribution in [0.15, 0.2) is 6.20 Å². The van der Waals surface area contributed by atoms with Gasteiger partial charge in [0, 0.05) is 37.9 Å². The van der Waals surface area contributed by atoms with Crippen LogP contribution < -0.4 is 5.32 Å². The van der Waals surface area contributed by atoms with Gasteiger partial charge in [-0.3, -0.25) is 4.68 Å². The molecule has 1 aliphatic rings. The molecule has 1 amide bonds. The average molecular weight is 322 g/mol. The minimum Gasteiger partial charge on any atom is -0.444 e. The molecule has 130 valence electrons. The van der Waals surface area contributed by atoms with E-state index in [2.05, 4.69) is 17.3 Å². The SMILES string of the molecule is Cc1c(CNCC2CCCN(C(=O)OC(C)(C)C)C2)cnn1C. The predicted molar refractivity (Wildman–Crippen MR) is 90.2 cm³/mol. The highest BCUT2D eigenvalue weighted by Gasteiger charge is 2.27. The Kier molecular flexibility index (Phi) is 5.68. The highest BCUT2D eigenvalue weighted by atomic mass is 16.6. The molecular weight excluding hydrogens is 292 g/mol. The normalized spacial score (nSPS) is 19.0. The fourth-order valence-corrected chi connectivity index (χ4v) is 2.85. The number of hydrogen-bond donors (Lipinski definition) is 1. The van der Waals surface area contributed by atoms with E-state index < -0.39 is 5.60 Å². The Morgan fingerprint density at radius 2 is 2.22 bits per heavy atom. The Labute approximate surface area is 139 Å². The van der Waals surface area contributed by atoms with Crippen molar-refractivity contribution in [1.82, 2.24) is 20.0 Å². The summed E-state index contributed by atoms with van der Waals surface area (Å²) in [6.45, 7) is 11.1. The van der Waals surface area contributed by atoms with E-state index >= 15 is 0 Å². The molecule has 0 bridgehead atoms. The molecule has 6 nitrogen and oxygen atoms in total. The number of ether oxygens (including phenoxy) is 1. The topological polar surface area (TPSA) is 59.4 Å². The Balaban J connectivity index is 1.78. The zero-order chi connectivity index (χ0) is 17.0. The van der Waals surface area contributed by atoms with Gasteiger partial charge in [0.2, 0.25) is 0 Å². The molecule has 1 fully saturated rings. The molecule has 1 unspecified atom stereocenters. The zero-order valence-electron chi connectivity index (χ0n) is 15.1. The molecule has 2 heterocycles. The van der Waals surface area contributed by atoms with Crippen molar-refractivity contribution in [3.05, 3.63) is 17.5 Å². The lowest BCUT2D eigenvalue weighted by Gasteiger charge is -2.34. The number of rotatable bonds is 4. The van der Waals surface area contributed by atoms with Crippen LogP contribution in [0.5, 0.6) is 0 Å². The van der Waals surface area contributed by atoms with Gasteiger partial charge in [-0.15, -0.1) is 0 Å². The van der Waals surface area contributed by atoms with Crippen molar-refractivity contribution in [3.8, 4) is 0 Å². The minimum atomic E-state index is -0.430. The van der Waals surface area contributed by atoms with Crippen molar-refractivity contribution in [2.45, 2.75) is 52.7 Å². The van der Waals surface area contributed by atoms with Crippen molar-refractivity contribution in [2.24, 2.45) is 13.0 Å². The van der Waals surface area contributed by atoms with E-state index in [-0.39, 0.29) is 6.09 Å². The lowest BCUT2D eigenvalue weighted by atomic mass is 9.98. The van der Waals surface area contributed by atoms with Crippen LogP contribution in [-0.2, 0) is 18.3 Å². The van der Waals surface area contributed by atoms with Gasteiger partial charge in [0.1, 0.15) is 5.60 Å². The standard InChI is InChI=1S/C17H30N4O2/c1-13-15(11-19-20(13)5)10-18-9-14-7-6-8-21(12-14)16(22)23-17(2,3)4/h11,14,18H,6-10,12H2,1-5H3. The molecule has 6 heteroatoms. The van der Waals surface area contributed by atoms with Crippen LogP contribution in [0.1, 0.15) is 44.9 Å². The van der Waals surface area contributed by atoms with Crippen molar-refractivity contribution in [2.75, 3.05) is 19.6 Å². The molecule has 0 radical (unpaired) electrons. The summed E-state index contributed by atoms with van der Waals surface area (Å²) in [5.41, 5.74) is 1.99. The van der Waals surface area contributed by atoms with E-state index in [1.807, 2.05) is 43.6 Å². The highest BCUT2D eigenvalue weighted by Crippen LogP contribution is 2.19. The number of carbonyl (C=O) groups excluding carboxylic acids is 1. The summed E-state index contributed by atoms with van der Waals surface area (Å²) in [6.07, 6.45) is 3.91. The second-order valence-corrected chi connectivity index (χ2v) is 7.44. The lowest BCUT2D eigenvalue weighted by molar-refractivity contribution is 0.0166. The summed E-state index contributed by atoms with van der Waals surface area (Å²) >= 11 is 0. The summed E-state index contributed by atoms with van der Waals surface area (Å²) < 4.78 is 7.36. The van der Waals surface area contributed by atoms with Crippen molar-refractivity contribution in [1.29, 1.82) is 0 Å². The van der Waals surface area contributed by atoms with Gasteiger partial charge >= 0.3 is 6.09 Å². The average Bonchev–Trinajstić information content (AvgIpc) is 2.78. The summed E-state index contributed by atoms with van der Waals surface area (Å²) in [5.74, 6) is 0.480. The van der Waals surface area contributed by atoms with Gasteiger partial charge in [0.15, 0.2) is 0 Å². The van der Waals surface area contributed by atoms with Gasteiger partial charge in [-0.2, -0.15) is 5.10 Å². The smallest absolute Gasteiger partial charge is 0.410 e. The van der Waals surface area contributed by atoms with E-state index in [9.17, 15) is 4.79 Å². The highest BCUT2D eigenvalue weighted by molar-refractivity contribution is 5.68. The van der Waals surface area contributed by atoms with Crippen LogP contribution in [0.2, 0.25) is 0 Å². The predicted octanol–water partition coefficient (Wildman–Crippen LogP) is 2.47. The third kappa shape index (κ3) is 5.23. The number of nitrogens with zero attached hydrogens (tertiary/aromatic N) is 3. The maximum atomic E-state index is 12.2. The largest absolute Gasteiger partial charge is 0.444 e. The molecule has 0 spiro atoms. The molecule has 1 saturated heterocycles. The van der Waals surface area contributed by atoms with Crippen molar-refractivity contribution < 1.29 is 9.53 Å². The summed E-state index contributed by atoms with van der Waals surface area (Å²) in [7, 11) is 1.96. The third-order valence-corrected chi connectivity index (χ3v) is 4.26. The second-order valence-electron chi connectivity index (χ2n) is 7.44. The van der Waals surface area contributed by atoms with E-state index in [4.69, 9.17) is 4.74 Å². The molecule has 0 aromatic carbocycles. The van der Waals surface area contributed by atoms with Gasteiger partial charge in [-0.1, -0.05) is 0 Å². The first kappa shape index (κ1) is 17.8. The zero-order valence-corrected chi connectivity index (χ0v) is 15.1. The number of likely N-dealkylation sites (tertiary alicyclic amines) is 1. The fourth-order valence-electron chi connectivity index (χ4n) is 2.85. The molecule has 23 heavy (non-hydrogen) atoms. The molecule has 1 N–H and O–H groups in total. The third-order valence-electron chi connectivity index (χ3n) is 4.26. The number of amides is 1. The van der Waals surface area contributed by atoms with Gasteiger partial charge in [-0.25, -0.2) is 4.79 Å². The number of hydrogen-bond acceptors (Lipinski definition) is 4. The van der Waals surface area contributed by atoms with Gasteiger partial charge < -0.3 is 15.0 Å². The molecule has 1 atom stereocenters. The molecule has 0 aliphatic carbocycles. The Morgan fingerprint density at radius 3 is 2.83 bits per heavy atom. The number of nitrogens with one attached hydrogen (secondary N) is 1. The van der Waals surface area contributed by atoms with Crippen LogP contribution in [0, 0.1) is 12.8 Å². The van der Waals surface area contributed by atoms with E-state index in [0.717, 1.165) is 39.0 Å². The van der Waals surface area contributed by atoms with Crippen LogP contribution in [0.4, 0.5) is 4.79 Å². The minimum absolute atomic E-state index is 0.190. The Morgan fingerprint density at radius 1 is 1.48 bits per heavy atom. The summed E-state index contributed by atoms with van der Waals surface area (Å²) in [4.78, 5) is 14.0. The first-order valence-electron chi connectivity index (χ1n) is 8.42. The maximum Gasteiger partial charge on any atom is 0.410 e. The van der Waals surface area contributed by atoms with Crippen LogP contribution in [-0.4, -0.2) is 46.0 Å². The quantitative estimate of drug-likeness (QED) is 0.925. The Bertz CT molecular complexity index is 533. The van der Waals surface area contributed by atoms with Gasteiger partial charge in [0.25, 0.3) is 0 Å². The monoisotopic (exact) mass is 322 g/mol. The summed E-state index contributed by atoms with van der Waals surface area (Å²) in [5, 5.41) is 7.76. The number of piperidine rings is 1. The molecule has 1 aliphatic heterocycles. The van der Waals surface area contributed by atoms with E-state index in [0.29, 0.717) is 5.92 Å². The van der Waals surface area contributed by atoms with Gasteiger partial charge in [0.05, 0.1) is 6.20 Å². The van der Waals surface area contributed by atoms with Crippen LogP contribution >= 0.6 is 0 Å². The second kappa shape index (κ2) is 7.34. The first-order chi connectivity index (χ1) is 10.8. The molecule has 2 rings (SSSR count). The lowest BCUT2D eigenvalue weighted by Crippen LogP contribution is -2.45. The van der Waals surface area contributed by atoms with Crippen molar-refractivity contribution >= 4 is 6.09 Å². The number of carbonyl (C=O) groups is 1. The van der Waals surface area contributed by atoms with Crippen LogP contribution in [0.3, 0.4) is 0 Å².